The first-order chi connectivity index (χ1) is 9.56. The van der Waals surface area contributed by atoms with Crippen molar-refractivity contribution in [3.8, 4) is 0 Å². The van der Waals surface area contributed by atoms with Gasteiger partial charge in [-0.05, 0) is 19.1 Å². The molecule has 0 N–H and O–H groups in total. The van der Waals surface area contributed by atoms with Gasteiger partial charge in [-0.15, -0.1) is 11.8 Å². The van der Waals surface area contributed by atoms with Crippen LogP contribution in [0.5, 0.6) is 0 Å². The highest BCUT2D eigenvalue weighted by Crippen LogP contribution is 2.44. The maximum atomic E-state index is 12.1. The summed E-state index contributed by atoms with van der Waals surface area (Å²) in [4.78, 5) is 13.7. The van der Waals surface area contributed by atoms with Gasteiger partial charge in [-0.25, -0.2) is 0 Å². The summed E-state index contributed by atoms with van der Waals surface area (Å²) in [6, 6.07) is 7.01. The molecular weight excluding hydrogens is 319 g/mol. The Balaban J connectivity index is 2.01. The van der Waals surface area contributed by atoms with Gasteiger partial charge in [0, 0.05) is 21.7 Å². The Kier molecular flexibility index (Phi) is 3.67. The van der Waals surface area contributed by atoms with Gasteiger partial charge in [0.2, 0.25) is 5.91 Å². The van der Waals surface area contributed by atoms with Gasteiger partial charge in [0.15, 0.2) is 5.82 Å². The predicted octanol–water partition coefficient (Wildman–Crippen LogP) is 4.07. The molecule has 2 heterocycles. The van der Waals surface area contributed by atoms with Crippen LogP contribution in [-0.4, -0.2) is 16.8 Å². The van der Waals surface area contributed by atoms with Crippen LogP contribution >= 0.6 is 35.0 Å². The van der Waals surface area contributed by atoms with Crippen LogP contribution in [0.4, 0.5) is 5.82 Å². The Labute approximate surface area is 130 Å². The van der Waals surface area contributed by atoms with Crippen LogP contribution < -0.4 is 4.90 Å². The number of rotatable bonds is 2. The van der Waals surface area contributed by atoms with Crippen molar-refractivity contribution in [1.82, 2.24) is 5.16 Å². The summed E-state index contributed by atoms with van der Waals surface area (Å²) in [7, 11) is 0. The number of carbonyl (C=O) groups is 1. The zero-order chi connectivity index (χ0) is 14.3. The number of anilines is 1. The smallest absolute Gasteiger partial charge is 0.239 e. The fourth-order valence-corrected chi connectivity index (χ4v) is 3.85. The fraction of sp³-hybridized carbons (Fsp3) is 0.231. The summed E-state index contributed by atoms with van der Waals surface area (Å²) in [5, 5.41) is 4.81. The minimum Gasteiger partial charge on any atom is -0.360 e. The van der Waals surface area contributed by atoms with Crippen molar-refractivity contribution >= 4 is 46.7 Å². The Hall–Kier alpha value is -1.17. The fourth-order valence-electron chi connectivity index (χ4n) is 2.07. The minimum absolute atomic E-state index is 0.0145. The van der Waals surface area contributed by atoms with Crippen molar-refractivity contribution < 1.29 is 9.32 Å². The molecule has 0 bridgehead atoms. The molecule has 3 rings (SSSR count). The molecule has 0 unspecified atom stereocenters. The minimum atomic E-state index is -0.211. The highest BCUT2D eigenvalue weighted by molar-refractivity contribution is 8.00. The molecule has 0 aliphatic carbocycles. The monoisotopic (exact) mass is 328 g/mol. The largest absolute Gasteiger partial charge is 0.360 e. The standard InChI is InChI=1S/C13H10Cl2N2O2S/c1-7-4-11(16-19-7)17-12(18)6-20-13(17)9-3-2-8(14)5-10(9)15/h2-5,13H,6H2,1H3/t13-/m0/s1. The number of aryl methyl sites for hydroxylation is 1. The van der Waals surface area contributed by atoms with Crippen molar-refractivity contribution in [1.29, 1.82) is 0 Å². The number of amides is 1. The number of hydrogen-bond donors (Lipinski definition) is 0. The molecule has 7 heteroatoms. The lowest BCUT2D eigenvalue weighted by Gasteiger charge is -2.22. The molecule has 104 valence electrons. The van der Waals surface area contributed by atoms with E-state index >= 15 is 0 Å². The molecular formula is C13H10Cl2N2O2S. The number of benzene rings is 1. The zero-order valence-corrected chi connectivity index (χ0v) is 12.8. The Morgan fingerprint density at radius 3 is 2.85 bits per heavy atom. The topological polar surface area (TPSA) is 46.3 Å². The molecule has 0 spiro atoms. The van der Waals surface area contributed by atoms with Gasteiger partial charge in [0.25, 0.3) is 0 Å². The van der Waals surface area contributed by atoms with E-state index in [2.05, 4.69) is 5.16 Å². The molecule has 1 aromatic carbocycles. The zero-order valence-electron chi connectivity index (χ0n) is 10.5. The van der Waals surface area contributed by atoms with Crippen LogP contribution in [0.15, 0.2) is 28.8 Å². The van der Waals surface area contributed by atoms with Gasteiger partial charge < -0.3 is 4.52 Å². The lowest BCUT2D eigenvalue weighted by Crippen LogP contribution is -2.28. The van der Waals surface area contributed by atoms with Gasteiger partial charge in [0.1, 0.15) is 11.1 Å². The second-order valence-corrected chi connectivity index (χ2v) is 6.30. The molecule has 20 heavy (non-hydrogen) atoms. The third-order valence-corrected chi connectivity index (χ3v) is 4.72. The van der Waals surface area contributed by atoms with Crippen LogP contribution in [0.1, 0.15) is 16.7 Å². The quantitative estimate of drug-likeness (QED) is 0.833. The first-order valence-corrected chi connectivity index (χ1v) is 7.68. The van der Waals surface area contributed by atoms with Gasteiger partial charge in [-0.1, -0.05) is 34.4 Å². The summed E-state index contributed by atoms with van der Waals surface area (Å²) in [5.41, 5.74) is 0.840. The Morgan fingerprint density at radius 1 is 1.40 bits per heavy atom. The lowest BCUT2D eigenvalue weighted by atomic mass is 10.2. The molecule has 2 aromatic rings. The van der Waals surface area contributed by atoms with E-state index in [1.54, 1.807) is 30.0 Å². The van der Waals surface area contributed by atoms with E-state index in [-0.39, 0.29) is 11.3 Å². The van der Waals surface area contributed by atoms with Gasteiger partial charge in [-0.3, -0.25) is 9.69 Å². The maximum Gasteiger partial charge on any atom is 0.239 e. The summed E-state index contributed by atoms with van der Waals surface area (Å²) in [6.07, 6.45) is 0. The van der Waals surface area contributed by atoms with E-state index in [9.17, 15) is 4.79 Å². The van der Waals surface area contributed by atoms with E-state index in [0.717, 1.165) is 5.56 Å². The van der Waals surface area contributed by atoms with E-state index in [1.165, 1.54) is 11.8 Å². The van der Waals surface area contributed by atoms with Crippen LogP contribution in [0.2, 0.25) is 10.0 Å². The van der Waals surface area contributed by atoms with Gasteiger partial charge in [-0.2, -0.15) is 0 Å². The number of hydrogen-bond acceptors (Lipinski definition) is 4. The lowest BCUT2D eigenvalue weighted by molar-refractivity contribution is -0.115. The molecule has 1 amide bonds. The molecule has 0 radical (unpaired) electrons. The molecule has 4 nitrogen and oxygen atoms in total. The second kappa shape index (κ2) is 5.31. The van der Waals surface area contributed by atoms with Crippen molar-refractivity contribution in [3.05, 3.63) is 45.6 Å². The van der Waals surface area contributed by atoms with Gasteiger partial charge in [0.05, 0.1) is 5.75 Å². The molecule has 1 atom stereocenters. The average molecular weight is 329 g/mol. The number of nitrogens with zero attached hydrogens (tertiary/aromatic N) is 2. The Bertz CT molecular complexity index is 674. The first-order valence-electron chi connectivity index (χ1n) is 5.88. The SMILES string of the molecule is Cc1cc(N2C(=O)CS[C@H]2c2ccc(Cl)cc2Cl)no1. The predicted molar refractivity (Wildman–Crippen MR) is 80.4 cm³/mol. The third kappa shape index (κ3) is 2.41. The van der Waals surface area contributed by atoms with Crippen LogP contribution in [0.25, 0.3) is 0 Å². The normalized spacial score (nSPS) is 18.9. The van der Waals surface area contributed by atoms with Crippen LogP contribution in [0.3, 0.4) is 0 Å². The van der Waals surface area contributed by atoms with Crippen LogP contribution in [-0.2, 0) is 4.79 Å². The van der Waals surface area contributed by atoms with Crippen molar-refractivity contribution in [2.75, 3.05) is 10.7 Å². The summed E-state index contributed by atoms with van der Waals surface area (Å²) in [5.74, 6) is 1.54. The van der Waals surface area contributed by atoms with E-state index in [0.29, 0.717) is 27.4 Å². The summed E-state index contributed by atoms with van der Waals surface area (Å²) in [6.45, 7) is 1.79. The van der Waals surface area contributed by atoms with Crippen molar-refractivity contribution in [3.63, 3.8) is 0 Å². The average Bonchev–Trinajstić information content (AvgIpc) is 2.96. The second-order valence-electron chi connectivity index (χ2n) is 4.39. The maximum absolute atomic E-state index is 12.1. The molecule has 0 saturated carbocycles. The number of aromatic nitrogens is 1. The van der Waals surface area contributed by atoms with E-state index in [4.69, 9.17) is 27.7 Å². The summed E-state index contributed by atoms with van der Waals surface area (Å²) >= 11 is 13.6. The number of thioether (sulfide) groups is 1. The number of halogens is 2. The molecule has 1 aromatic heterocycles. The Morgan fingerprint density at radius 2 is 2.20 bits per heavy atom. The molecule has 1 fully saturated rings. The van der Waals surface area contributed by atoms with E-state index < -0.39 is 0 Å². The third-order valence-electron chi connectivity index (χ3n) is 2.96. The molecule has 1 aliphatic rings. The van der Waals surface area contributed by atoms with E-state index in [1.807, 2.05) is 6.07 Å². The van der Waals surface area contributed by atoms with Crippen molar-refractivity contribution in [2.24, 2.45) is 0 Å². The number of carbonyl (C=O) groups excluding carboxylic acids is 1. The van der Waals surface area contributed by atoms with Gasteiger partial charge >= 0.3 is 0 Å². The molecule has 1 saturated heterocycles. The van der Waals surface area contributed by atoms with Crippen molar-refractivity contribution in [2.45, 2.75) is 12.3 Å². The molecule has 1 aliphatic heterocycles. The first kappa shape index (κ1) is 13.8. The highest BCUT2D eigenvalue weighted by atomic mass is 35.5. The summed E-state index contributed by atoms with van der Waals surface area (Å²) < 4.78 is 5.05. The van der Waals surface area contributed by atoms with Crippen LogP contribution in [0, 0.1) is 6.92 Å². The highest BCUT2D eigenvalue weighted by Gasteiger charge is 2.36.